The molecule has 1 aliphatic heterocycles. The van der Waals surface area contributed by atoms with E-state index in [0.717, 1.165) is 16.9 Å². The maximum atomic E-state index is 12.5. The number of sulfonamides is 1. The molecule has 1 aromatic carbocycles. The maximum Gasteiger partial charge on any atom is 0.321 e. The second-order valence-electron chi connectivity index (χ2n) is 7.21. The largest absolute Gasteiger partial charge is 0.480 e. The van der Waals surface area contributed by atoms with E-state index in [0.29, 0.717) is 13.2 Å². The molecule has 9 heteroatoms. The summed E-state index contributed by atoms with van der Waals surface area (Å²) in [7, 11) is -3.91. The highest BCUT2D eigenvalue weighted by molar-refractivity contribution is 7.89. The van der Waals surface area contributed by atoms with Crippen molar-refractivity contribution >= 4 is 27.4 Å². The van der Waals surface area contributed by atoms with Gasteiger partial charge < -0.3 is 15.3 Å². The Morgan fingerprint density at radius 2 is 2.00 bits per heavy atom. The van der Waals surface area contributed by atoms with Crippen LogP contribution in [0.25, 0.3) is 0 Å². The molecule has 8 nitrogen and oxygen atoms in total. The number of anilines is 2. The van der Waals surface area contributed by atoms with Crippen molar-refractivity contribution in [3.8, 4) is 0 Å². The number of hydrogen-bond donors (Lipinski definition) is 3. The van der Waals surface area contributed by atoms with E-state index in [1.807, 2.05) is 19.9 Å². The molecule has 28 heavy (non-hydrogen) atoms. The topological polar surface area (TPSA) is 112 Å². The molecule has 0 bridgehead atoms. The molecule has 1 atom stereocenters. The van der Waals surface area contributed by atoms with Gasteiger partial charge in [0, 0.05) is 12.7 Å². The van der Waals surface area contributed by atoms with E-state index >= 15 is 0 Å². The number of aliphatic carboxylic acids is 1. The first-order chi connectivity index (χ1) is 13.3. The number of hydrogen-bond acceptors (Lipinski definition) is 6. The van der Waals surface area contributed by atoms with Crippen LogP contribution >= 0.6 is 0 Å². The Balaban J connectivity index is 1.70. The molecule has 0 radical (unpaired) electrons. The second-order valence-corrected chi connectivity index (χ2v) is 8.93. The lowest BCUT2D eigenvalue weighted by atomic mass is 10.1. The Hall–Kier alpha value is -2.65. The molecule has 0 saturated heterocycles. The zero-order valence-corrected chi connectivity index (χ0v) is 16.6. The van der Waals surface area contributed by atoms with Crippen LogP contribution in [0.4, 0.5) is 11.4 Å². The van der Waals surface area contributed by atoms with Crippen molar-refractivity contribution in [3.05, 3.63) is 48.3 Å². The van der Waals surface area contributed by atoms with Crippen LogP contribution in [0.1, 0.15) is 25.8 Å². The molecule has 1 aromatic heterocycles. The first-order valence-electron chi connectivity index (χ1n) is 9.03. The Kier molecular flexibility index (Phi) is 5.85. The van der Waals surface area contributed by atoms with Crippen molar-refractivity contribution in [2.24, 2.45) is 5.92 Å². The van der Waals surface area contributed by atoms with Gasteiger partial charge in [0.25, 0.3) is 0 Å². The number of benzene rings is 1. The Bertz CT molecular complexity index is 945. The summed E-state index contributed by atoms with van der Waals surface area (Å²) in [5.41, 5.74) is 2.96. The van der Waals surface area contributed by atoms with Crippen LogP contribution in [-0.4, -0.2) is 37.2 Å². The van der Waals surface area contributed by atoms with Crippen LogP contribution in [0, 0.1) is 5.92 Å². The highest BCUT2D eigenvalue weighted by Gasteiger charge is 2.26. The molecule has 3 rings (SSSR count). The fourth-order valence-electron chi connectivity index (χ4n) is 3.13. The van der Waals surface area contributed by atoms with Crippen LogP contribution in [0.3, 0.4) is 0 Å². The summed E-state index contributed by atoms with van der Waals surface area (Å²) >= 11 is 0. The summed E-state index contributed by atoms with van der Waals surface area (Å²) in [5.74, 6) is -1.12. The standard InChI is InChI=1S/C19H24N4O4S/c1-13(2)9-16(19(24)25)22-28(26,27)15-5-3-14(4-6-15)11-23-12-21-17-10-20-8-7-18(17)23/h3-8,10,13,16,21-22H,9,11-12H2,1-2H3,(H,24,25)/t16-/m0/s1. The van der Waals surface area contributed by atoms with E-state index < -0.39 is 22.0 Å². The van der Waals surface area contributed by atoms with Crippen LogP contribution in [0.5, 0.6) is 0 Å². The van der Waals surface area contributed by atoms with Gasteiger partial charge in [-0.3, -0.25) is 9.78 Å². The van der Waals surface area contributed by atoms with Crippen molar-refractivity contribution < 1.29 is 18.3 Å². The lowest BCUT2D eigenvalue weighted by Gasteiger charge is -2.19. The quantitative estimate of drug-likeness (QED) is 0.619. The van der Waals surface area contributed by atoms with E-state index in [2.05, 4.69) is 19.9 Å². The van der Waals surface area contributed by atoms with E-state index in [1.165, 1.54) is 12.1 Å². The van der Waals surface area contributed by atoms with Crippen LogP contribution in [0.2, 0.25) is 0 Å². The third-order valence-corrected chi connectivity index (χ3v) is 6.00. The predicted molar refractivity (Wildman–Crippen MR) is 107 cm³/mol. The van der Waals surface area contributed by atoms with Gasteiger partial charge in [0.15, 0.2) is 0 Å². The molecule has 0 aliphatic carbocycles. The van der Waals surface area contributed by atoms with E-state index in [4.69, 9.17) is 0 Å². The second kappa shape index (κ2) is 8.15. The first-order valence-corrected chi connectivity index (χ1v) is 10.5. The number of pyridine rings is 1. The highest BCUT2D eigenvalue weighted by Crippen LogP contribution is 2.30. The molecule has 3 N–H and O–H groups in total. The van der Waals surface area contributed by atoms with E-state index in [1.54, 1.807) is 24.5 Å². The fraction of sp³-hybridized carbons (Fsp3) is 0.368. The summed E-state index contributed by atoms with van der Waals surface area (Å²) < 4.78 is 27.4. The zero-order valence-electron chi connectivity index (χ0n) is 15.8. The van der Waals surface area contributed by atoms with Crippen molar-refractivity contribution in [2.45, 2.75) is 37.8 Å². The van der Waals surface area contributed by atoms with Crippen molar-refractivity contribution in [2.75, 3.05) is 16.9 Å². The SMILES string of the molecule is CC(C)C[C@H](NS(=O)(=O)c1ccc(CN2CNc3cnccc32)cc1)C(=O)O. The number of fused-ring (bicyclic) bond motifs is 1. The molecule has 0 fully saturated rings. The Morgan fingerprint density at radius 1 is 1.29 bits per heavy atom. The lowest BCUT2D eigenvalue weighted by molar-refractivity contribution is -0.139. The number of carbonyl (C=O) groups is 1. The fourth-order valence-corrected chi connectivity index (χ4v) is 4.33. The van der Waals surface area contributed by atoms with E-state index in [-0.39, 0.29) is 17.2 Å². The third kappa shape index (κ3) is 4.60. The number of nitrogens with zero attached hydrogens (tertiary/aromatic N) is 2. The van der Waals surface area contributed by atoms with Crippen LogP contribution < -0.4 is 14.9 Å². The van der Waals surface area contributed by atoms with Gasteiger partial charge in [0.1, 0.15) is 6.04 Å². The van der Waals surface area contributed by atoms with Crippen LogP contribution in [-0.2, 0) is 21.4 Å². The summed E-state index contributed by atoms with van der Waals surface area (Å²) in [5, 5.41) is 12.5. The van der Waals surface area contributed by atoms with Gasteiger partial charge in [-0.25, -0.2) is 8.42 Å². The molecule has 2 aromatic rings. The third-order valence-electron chi connectivity index (χ3n) is 4.51. The molecule has 0 saturated carbocycles. The molecular formula is C19H24N4O4S. The molecule has 2 heterocycles. The lowest BCUT2D eigenvalue weighted by Crippen LogP contribution is -2.41. The summed E-state index contributed by atoms with van der Waals surface area (Å²) in [6, 6.07) is 7.27. The van der Waals surface area contributed by atoms with Gasteiger partial charge in [0.05, 0.1) is 29.1 Å². The number of carboxylic acids is 1. The minimum absolute atomic E-state index is 0.0513. The van der Waals surface area contributed by atoms with Crippen molar-refractivity contribution in [1.29, 1.82) is 0 Å². The highest BCUT2D eigenvalue weighted by atomic mass is 32.2. The number of rotatable bonds is 8. The molecule has 0 unspecified atom stereocenters. The molecule has 0 spiro atoms. The van der Waals surface area contributed by atoms with Crippen molar-refractivity contribution in [3.63, 3.8) is 0 Å². The van der Waals surface area contributed by atoms with Gasteiger partial charge >= 0.3 is 5.97 Å². The van der Waals surface area contributed by atoms with Gasteiger partial charge in [-0.05, 0) is 36.1 Å². The normalized spacial score (nSPS) is 14.6. The zero-order chi connectivity index (χ0) is 20.3. The summed E-state index contributed by atoms with van der Waals surface area (Å²) in [6.07, 6.45) is 3.73. The van der Waals surface area contributed by atoms with Crippen molar-refractivity contribution in [1.82, 2.24) is 9.71 Å². The van der Waals surface area contributed by atoms with Gasteiger partial charge in [-0.2, -0.15) is 4.72 Å². The molecule has 1 aliphatic rings. The Morgan fingerprint density at radius 3 is 2.64 bits per heavy atom. The number of nitrogens with one attached hydrogen (secondary N) is 2. The summed E-state index contributed by atoms with van der Waals surface area (Å²) in [4.78, 5) is 17.6. The molecular weight excluding hydrogens is 380 g/mol. The van der Waals surface area contributed by atoms with E-state index in [9.17, 15) is 18.3 Å². The smallest absolute Gasteiger partial charge is 0.321 e. The first kappa shape index (κ1) is 20.1. The average Bonchev–Trinajstić information content (AvgIpc) is 3.04. The number of carboxylic acid groups (broad SMARTS) is 1. The molecule has 150 valence electrons. The van der Waals surface area contributed by atoms with Crippen LogP contribution in [0.15, 0.2) is 47.6 Å². The average molecular weight is 404 g/mol. The molecule has 0 amide bonds. The minimum atomic E-state index is -3.91. The monoisotopic (exact) mass is 404 g/mol. The van der Waals surface area contributed by atoms with Gasteiger partial charge in [-0.15, -0.1) is 0 Å². The van der Waals surface area contributed by atoms with Gasteiger partial charge in [0.2, 0.25) is 10.0 Å². The number of aromatic nitrogens is 1. The summed E-state index contributed by atoms with van der Waals surface area (Å²) in [6.45, 7) is 4.96. The predicted octanol–water partition coefficient (Wildman–Crippen LogP) is 2.25. The minimum Gasteiger partial charge on any atom is -0.480 e. The Labute approximate surface area is 164 Å². The van der Waals surface area contributed by atoms with Gasteiger partial charge in [-0.1, -0.05) is 26.0 Å². The maximum absolute atomic E-state index is 12.5.